The van der Waals surface area contributed by atoms with E-state index in [1.54, 1.807) is 18.3 Å². The van der Waals surface area contributed by atoms with Crippen molar-refractivity contribution in [2.75, 3.05) is 19.6 Å². The van der Waals surface area contributed by atoms with Gasteiger partial charge in [-0.3, -0.25) is 9.59 Å². The highest BCUT2D eigenvalue weighted by Crippen LogP contribution is 2.28. The number of nitrogens with one attached hydrogen (secondary N) is 1. The van der Waals surface area contributed by atoms with Gasteiger partial charge in [-0.2, -0.15) is 0 Å². The third-order valence-electron chi connectivity index (χ3n) is 5.33. The Hall–Kier alpha value is -3.41. The van der Waals surface area contributed by atoms with Gasteiger partial charge in [0.2, 0.25) is 11.8 Å². The number of carbonyl (C=O) groups is 2. The molecule has 1 N–H and O–H groups in total. The third-order valence-corrected chi connectivity index (χ3v) is 5.33. The predicted molar refractivity (Wildman–Crippen MR) is 115 cm³/mol. The summed E-state index contributed by atoms with van der Waals surface area (Å²) < 4.78 is 5.94. The predicted octanol–water partition coefficient (Wildman–Crippen LogP) is 4.06. The van der Waals surface area contributed by atoms with E-state index < -0.39 is 0 Å². The summed E-state index contributed by atoms with van der Waals surface area (Å²) in [6.45, 7) is 3.98. The standard InChI is InChI=1S/C24H25N3O3/c1-17-8-10-18(11-9-17)21-16-26-24(30-21)20-7-3-2-6-19(20)23(29)25-13-12-22(28)27-14-4-5-15-27/h2-3,6-11,16H,4-5,12-15H2,1H3,(H,25,29). The van der Waals surface area contributed by atoms with E-state index in [0.29, 0.717) is 35.7 Å². The highest BCUT2D eigenvalue weighted by atomic mass is 16.4. The number of amides is 2. The summed E-state index contributed by atoms with van der Waals surface area (Å²) in [6.07, 6.45) is 4.10. The lowest BCUT2D eigenvalue weighted by atomic mass is 10.1. The minimum absolute atomic E-state index is 0.0940. The molecule has 0 atom stereocenters. The highest BCUT2D eigenvalue weighted by Gasteiger charge is 2.19. The average Bonchev–Trinajstić information content (AvgIpc) is 3.47. The Bertz CT molecular complexity index is 1030. The number of nitrogens with zero attached hydrogens (tertiary/aromatic N) is 2. The molecule has 6 heteroatoms. The van der Waals surface area contributed by atoms with Gasteiger partial charge in [0.05, 0.1) is 11.8 Å². The topological polar surface area (TPSA) is 75.4 Å². The molecule has 0 radical (unpaired) electrons. The molecule has 0 spiro atoms. The Morgan fingerprint density at radius 2 is 1.80 bits per heavy atom. The van der Waals surface area contributed by atoms with Crippen LogP contribution >= 0.6 is 0 Å². The first kappa shape index (κ1) is 19.9. The van der Waals surface area contributed by atoms with Gasteiger partial charge in [0.1, 0.15) is 0 Å². The molecule has 1 aliphatic rings. The van der Waals surface area contributed by atoms with Crippen LogP contribution in [0.3, 0.4) is 0 Å². The number of aryl methyl sites for hydroxylation is 1. The molecule has 2 aromatic carbocycles. The molecule has 6 nitrogen and oxygen atoms in total. The lowest BCUT2D eigenvalue weighted by Crippen LogP contribution is -2.32. The van der Waals surface area contributed by atoms with Crippen LogP contribution in [-0.2, 0) is 4.79 Å². The fourth-order valence-electron chi connectivity index (χ4n) is 3.62. The molecule has 0 saturated carbocycles. The maximum atomic E-state index is 12.8. The van der Waals surface area contributed by atoms with Crippen molar-refractivity contribution in [3.05, 3.63) is 65.9 Å². The molecule has 1 fully saturated rings. The number of benzene rings is 2. The molecule has 154 valence electrons. The Kier molecular flexibility index (Phi) is 5.93. The largest absolute Gasteiger partial charge is 0.436 e. The number of hydrogen-bond acceptors (Lipinski definition) is 4. The van der Waals surface area contributed by atoms with E-state index in [4.69, 9.17) is 4.42 Å². The zero-order chi connectivity index (χ0) is 20.9. The average molecular weight is 403 g/mol. The van der Waals surface area contributed by atoms with Gasteiger partial charge in [0, 0.05) is 37.2 Å². The van der Waals surface area contributed by atoms with Crippen molar-refractivity contribution in [2.24, 2.45) is 0 Å². The molecule has 30 heavy (non-hydrogen) atoms. The maximum absolute atomic E-state index is 12.8. The minimum atomic E-state index is -0.241. The van der Waals surface area contributed by atoms with Gasteiger partial charge in [-0.15, -0.1) is 0 Å². The number of rotatable bonds is 6. The van der Waals surface area contributed by atoms with Crippen molar-refractivity contribution < 1.29 is 14.0 Å². The first-order chi connectivity index (χ1) is 14.6. The van der Waals surface area contributed by atoms with Crippen LogP contribution in [-0.4, -0.2) is 41.3 Å². The van der Waals surface area contributed by atoms with Crippen LogP contribution < -0.4 is 5.32 Å². The van der Waals surface area contributed by atoms with Gasteiger partial charge in [-0.05, 0) is 31.9 Å². The fraction of sp³-hybridized carbons (Fsp3) is 0.292. The number of carbonyl (C=O) groups excluding carboxylic acids is 2. The molecule has 2 amide bonds. The van der Waals surface area contributed by atoms with E-state index in [1.165, 1.54) is 5.56 Å². The molecule has 1 aromatic heterocycles. The van der Waals surface area contributed by atoms with Crippen molar-refractivity contribution in [3.63, 3.8) is 0 Å². The summed E-state index contributed by atoms with van der Waals surface area (Å²) in [5.41, 5.74) is 3.20. The summed E-state index contributed by atoms with van der Waals surface area (Å²) in [5.74, 6) is 0.896. The maximum Gasteiger partial charge on any atom is 0.252 e. The van der Waals surface area contributed by atoms with Crippen LogP contribution in [0.1, 0.15) is 35.2 Å². The SMILES string of the molecule is Cc1ccc(-c2cnc(-c3ccccc3C(=O)NCCC(=O)N3CCCC3)o2)cc1. The van der Waals surface area contributed by atoms with Gasteiger partial charge in [0.15, 0.2) is 5.76 Å². The van der Waals surface area contributed by atoms with Crippen LogP contribution in [0.15, 0.2) is 59.1 Å². The van der Waals surface area contributed by atoms with E-state index in [2.05, 4.69) is 10.3 Å². The molecule has 0 unspecified atom stereocenters. The van der Waals surface area contributed by atoms with E-state index in [0.717, 1.165) is 31.5 Å². The number of oxazole rings is 1. The number of hydrogen-bond donors (Lipinski definition) is 1. The quantitative estimate of drug-likeness (QED) is 0.673. The molecule has 1 aliphatic heterocycles. The third kappa shape index (κ3) is 4.43. The second kappa shape index (κ2) is 8.95. The van der Waals surface area contributed by atoms with Crippen LogP contribution in [0.25, 0.3) is 22.8 Å². The fourth-order valence-corrected chi connectivity index (χ4v) is 3.62. The number of likely N-dealkylation sites (tertiary alicyclic amines) is 1. The molecule has 0 aliphatic carbocycles. The van der Waals surface area contributed by atoms with Crippen molar-refractivity contribution in [1.82, 2.24) is 15.2 Å². The van der Waals surface area contributed by atoms with Crippen LogP contribution in [0.2, 0.25) is 0 Å². The van der Waals surface area contributed by atoms with E-state index >= 15 is 0 Å². The van der Waals surface area contributed by atoms with Gasteiger partial charge >= 0.3 is 0 Å². The van der Waals surface area contributed by atoms with Crippen molar-refractivity contribution in [2.45, 2.75) is 26.2 Å². The molecule has 4 rings (SSSR count). The molecular weight excluding hydrogens is 378 g/mol. The molecule has 1 saturated heterocycles. The van der Waals surface area contributed by atoms with Gasteiger partial charge in [0.25, 0.3) is 5.91 Å². The normalized spacial score (nSPS) is 13.4. The summed E-state index contributed by atoms with van der Waals surface area (Å²) in [7, 11) is 0. The highest BCUT2D eigenvalue weighted by molar-refractivity contribution is 6.00. The second-order valence-electron chi connectivity index (χ2n) is 7.54. The van der Waals surface area contributed by atoms with E-state index in [1.807, 2.05) is 48.2 Å². The lowest BCUT2D eigenvalue weighted by molar-refractivity contribution is -0.129. The monoisotopic (exact) mass is 403 g/mol. The van der Waals surface area contributed by atoms with Crippen LogP contribution in [0.4, 0.5) is 0 Å². The molecule has 0 bridgehead atoms. The molecule has 3 aromatic rings. The molecular formula is C24H25N3O3. The molecule has 2 heterocycles. The first-order valence-corrected chi connectivity index (χ1v) is 10.3. The Morgan fingerprint density at radius 1 is 1.07 bits per heavy atom. The smallest absolute Gasteiger partial charge is 0.252 e. The van der Waals surface area contributed by atoms with Gasteiger partial charge in [-0.25, -0.2) is 4.98 Å². The summed E-state index contributed by atoms with van der Waals surface area (Å²) in [6, 6.07) is 15.2. The van der Waals surface area contributed by atoms with Crippen LogP contribution in [0, 0.1) is 6.92 Å². The summed E-state index contributed by atoms with van der Waals surface area (Å²) >= 11 is 0. The van der Waals surface area contributed by atoms with E-state index in [-0.39, 0.29) is 11.8 Å². The van der Waals surface area contributed by atoms with Gasteiger partial charge in [-0.1, -0.05) is 42.0 Å². The Morgan fingerprint density at radius 3 is 2.57 bits per heavy atom. The number of aromatic nitrogens is 1. The summed E-state index contributed by atoms with van der Waals surface area (Å²) in [4.78, 5) is 31.2. The van der Waals surface area contributed by atoms with E-state index in [9.17, 15) is 9.59 Å². The van der Waals surface area contributed by atoms with Crippen molar-refractivity contribution in [1.29, 1.82) is 0 Å². The van der Waals surface area contributed by atoms with Gasteiger partial charge < -0.3 is 14.6 Å². The Labute approximate surface area is 175 Å². The first-order valence-electron chi connectivity index (χ1n) is 10.3. The zero-order valence-electron chi connectivity index (χ0n) is 17.1. The minimum Gasteiger partial charge on any atom is -0.436 e. The lowest BCUT2D eigenvalue weighted by Gasteiger charge is -2.15. The summed E-state index contributed by atoms with van der Waals surface area (Å²) in [5, 5.41) is 2.85. The van der Waals surface area contributed by atoms with Crippen molar-refractivity contribution >= 4 is 11.8 Å². The second-order valence-corrected chi connectivity index (χ2v) is 7.54. The van der Waals surface area contributed by atoms with Crippen molar-refractivity contribution in [3.8, 4) is 22.8 Å². The zero-order valence-corrected chi connectivity index (χ0v) is 17.1. The Balaban J connectivity index is 1.45. The van der Waals surface area contributed by atoms with Crippen LogP contribution in [0.5, 0.6) is 0 Å².